The van der Waals surface area contributed by atoms with Crippen molar-refractivity contribution in [2.75, 3.05) is 0 Å². The Morgan fingerprint density at radius 2 is 2.00 bits per heavy atom. The molecule has 1 aromatic carbocycles. The minimum atomic E-state index is -4.86. The number of carbonyl (C=O) groups is 1. The number of carbonyl (C=O) groups excluding carboxylic acids is 1. The number of halogens is 5. The van der Waals surface area contributed by atoms with Crippen LogP contribution in [0.15, 0.2) is 28.9 Å². The normalized spacial score (nSPS) is 11.7. The van der Waals surface area contributed by atoms with Gasteiger partial charge in [-0.15, -0.1) is 0 Å². The summed E-state index contributed by atoms with van der Waals surface area (Å²) >= 11 is 3.09. The highest BCUT2D eigenvalue weighted by Crippen LogP contribution is 2.32. The minimum absolute atomic E-state index is 0.0877. The summed E-state index contributed by atoms with van der Waals surface area (Å²) < 4.78 is 52.6. The van der Waals surface area contributed by atoms with Crippen LogP contribution in [0, 0.1) is 5.82 Å². The molecule has 20 heavy (non-hydrogen) atoms. The Morgan fingerprint density at radius 3 is 2.50 bits per heavy atom. The lowest BCUT2D eigenvalue weighted by Gasteiger charge is -2.10. The van der Waals surface area contributed by atoms with Crippen LogP contribution in [0.3, 0.4) is 0 Å². The molecule has 1 heterocycles. The molecular weight excluding hydrogens is 344 g/mol. The maximum Gasteiger partial charge on any atom is 0.419 e. The fraction of sp³-hybridized carbons (Fsp3) is 0.167. The number of nitrogens with zero attached hydrogens (tertiary/aromatic N) is 2. The fourth-order valence-electron chi connectivity index (χ4n) is 1.69. The summed E-state index contributed by atoms with van der Waals surface area (Å²) in [6.45, 7) is 0. The van der Waals surface area contributed by atoms with E-state index < -0.39 is 23.3 Å². The summed E-state index contributed by atoms with van der Waals surface area (Å²) in [4.78, 5) is 12.2. The van der Waals surface area contributed by atoms with E-state index in [4.69, 9.17) is 0 Å². The Bertz CT molecular complexity index is 659. The molecule has 2 aromatic rings. The largest absolute Gasteiger partial charge is 0.419 e. The molecule has 0 radical (unpaired) electrons. The topological polar surface area (TPSA) is 34.9 Å². The second-order valence-electron chi connectivity index (χ2n) is 3.99. The summed E-state index contributed by atoms with van der Waals surface area (Å²) in [6.07, 6.45) is -3.51. The first-order chi connectivity index (χ1) is 9.21. The van der Waals surface area contributed by atoms with Crippen molar-refractivity contribution in [2.24, 2.45) is 7.05 Å². The predicted molar refractivity (Wildman–Crippen MR) is 65.7 cm³/mol. The number of hydrogen-bond acceptors (Lipinski definition) is 2. The van der Waals surface area contributed by atoms with Gasteiger partial charge in [0.2, 0.25) is 5.78 Å². The van der Waals surface area contributed by atoms with Gasteiger partial charge < -0.3 is 0 Å². The first-order valence-electron chi connectivity index (χ1n) is 5.30. The number of hydrogen-bond donors (Lipinski definition) is 0. The van der Waals surface area contributed by atoms with Crippen LogP contribution in [0.2, 0.25) is 0 Å². The van der Waals surface area contributed by atoms with Crippen LogP contribution in [-0.2, 0) is 13.2 Å². The average Bonchev–Trinajstić information content (AvgIpc) is 2.67. The molecule has 2 rings (SSSR count). The van der Waals surface area contributed by atoms with E-state index in [0.29, 0.717) is 16.6 Å². The van der Waals surface area contributed by atoms with Gasteiger partial charge in [0.1, 0.15) is 11.5 Å². The first-order valence-corrected chi connectivity index (χ1v) is 6.10. The molecule has 0 aliphatic carbocycles. The molecule has 0 amide bonds. The van der Waals surface area contributed by atoms with Crippen LogP contribution in [0.5, 0.6) is 0 Å². The zero-order valence-corrected chi connectivity index (χ0v) is 11.6. The number of ketones is 1. The van der Waals surface area contributed by atoms with Crippen molar-refractivity contribution in [2.45, 2.75) is 6.18 Å². The molecule has 0 unspecified atom stereocenters. The van der Waals surface area contributed by atoms with Gasteiger partial charge in [-0.05, 0) is 34.1 Å². The number of alkyl halides is 3. The van der Waals surface area contributed by atoms with Crippen molar-refractivity contribution >= 4 is 21.7 Å². The summed E-state index contributed by atoms with van der Waals surface area (Å²) in [7, 11) is 1.48. The molecule has 0 fully saturated rings. The molecule has 0 bridgehead atoms. The Balaban J connectivity index is 2.52. The van der Waals surface area contributed by atoms with Crippen LogP contribution in [-0.4, -0.2) is 15.6 Å². The highest BCUT2D eigenvalue weighted by Gasteiger charge is 2.35. The van der Waals surface area contributed by atoms with Gasteiger partial charge in [-0.3, -0.25) is 9.48 Å². The molecule has 0 saturated heterocycles. The van der Waals surface area contributed by atoms with E-state index in [9.17, 15) is 22.4 Å². The van der Waals surface area contributed by atoms with Gasteiger partial charge in [-0.25, -0.2) is 4.39 Å². The molecular formula is C12H7BrF4N2O. The fourth-order valence-corrected chi connectivity index (χ4v) is 2.21. The molecule has 0 spiro atoms. The second kappa shape index (κ2) is 5.01. The maximum absolute atomic E-state index is 13.2. The number of aromatic nitrogens is 2. The van der Waals surface area contributed by atoms with Gasteiger partial charge in [0.05, 0.1) is 16.2 Å². The van der Waals surface area contributed by atoms with Crippen molar-refractivity contribution in [3.8, 4) is 0 Å². The number of rotatable bonds is 2. The van der Waals surface area contributed by atoms with E-state index in [-0.39, 0.29) is 11.3 Å². The van der Waals surface area contributed by atoms with Gasteiger partial charge in [-0.2, -0.15) is 18.3 Å². The maximum atomic E-state index is 13.2. The van der Waals surface area contributed by atoms with Crippen molar-refractivity contribution in [1.29, 1.82) is 0 Å². The summed E-state index contributed by atoms with van der Waals surface area (Å²) in [5.41, 5.74) is -1.64. The minimum Gasteiger partial charge on any atom is -0.287 e. The molecule has 0 saturated carbocycles. The molecule has 0 aliphatic heterocycles. The Labute approximate surface area is 119 Å². The van der Waals surface area contributed by atoms with Crippen LogP contribution >= 0.6 is 15.9 Å². The Morgan fingerprint density at radius 1 is 1.35 bits per heavy atom. The molecule has 106 valence electrons. The molecule has 3 nitrogen and oxygen atoms in total. The highest BCUT2D eigenvalue weighted by molar-refractivity contribution is 9.10. The highest BCUT2D eigenvalue weighted by atomic mass is 79.9. The van der Waals surface area contributed by atoms with Crippen LogP contribution < -0.4 is 0 Å². The van der Waals surface area contributed by atoms with Crippen molar-refractivity contribution in [3.05, 3.63) is 51.5 Å². The van der Waals surface area contributed by atoms with Crippen molar-refractivity contribution in [3.63, 3.8) is 0 Å². The van der Waals surface area contributed by atoms with E-state index in [1.54, 1.807) is 0 Å². The van der Waals surface area contributed by atoms with Gasteiger partial charge >= 0.3 is 6.18 Å². The lowest BCUT2D eigenvalue weighted by atomic mass is 10.0. The SMILES string of the molecule is Cn1ncc(Br)c1C(=O)c1ccc(F)c(C(F)(F)F)c1. The van der Waals surface area contributed by atoms with E-state index in [1.807, 2.05) is 0 Å². The third-order valence-electron chi connectivity index (χ3n) is 2.64. The predicted octanol–water partition coefficient (Wildman–Crippen LogP) is 3.57. The third-order valence-corrected chi connectivity index (χ3v) is 3.22. The third kappa shape index (κ3) is 2.60. The van der Waals surface area contributed by atoms with Gasteiger partial charge in [0, 0.05) is 12.6 Å². The zero-order valence-electron chi connectivity index (χ0n) is 10.0. The molecule has 0 aliphatic rings. The molecule has 1 aromatic heterocycles. The number of aryl methyl sites for hydroxylation is 1. The van der Waals surface area contributed by atoms with Gasteiger partial charge in [0.25, 0.3) is 0 Å². The second-order valence-corrected chi connectivity index (χ2v) is 4.84. The van der Waals surface area contributed by atoms with Crippen LogP contribution in [0.1, 0.15) is 21.6 Å². The zero-order chi connectivity index (χ0) is 15.1. The first kappa shape index (κ1) is 14.7. The van der Waals surface area contributed by atoms with Gasteiger partial charge in [0.15, 0.2) is 0 Å². The quantitative estimate of drug-likeness (QED) is 0.613. The van der Waals surface area contributed by atoms with E-state index in [2.05, 4.69) is 21.0 Å². The Hall–Kier alpha value is -1.70. The molecule has 0 N–H and O–H groups in total. The average molecular weight is 351 g/mol. The number of benzene rings is 1. The van der Waals surface area contributed by atoms with E-state index >= 15 is 0 Å². The van der Waals surface area contributed by atoms with Crippen LogP contribution in [0.25, 0.3) is 0 Å². The van der Waals surface area contributed by atoms with E-state index in [1.165, 1.54) is 17.9 Å². The standard InChI is InChI=1S/C12H7BrF4N2O/c1-19-10(8(13)5-18-19)11(20)6-2-3-9(14)7(4-6)12(15,16)17/h2-5H,1H3. The summed E-state index contributed by atoms with van der Waals surface area (Å²) in [5.74, 6) is -2.10. The smallest absolute Gasteiger partial charge is 0.287 e. The van der Waals surface area contributed by atoms with E-state index in [0.717, 1.165) is 6.07 Å². The molecule has 8 heteroatoms. The lowest BCUT2D eigenvalue weighted by Crippen LogP contribution is -2.13. The summed E-state index contributed by atoms with van der Waals surface area (Å²) in [5, 5.41) is 3.80. The molecule has 0 atom stereocenters. The van der Waals surface area contributed by atoms with Crippen molar-refractivity contribution in [1.82, 2.24) is 9.78 Å². The van der Waals surface area contributed by atoms with Crippen molar-refractivity contribution < 1.29 is 22.4 Å². The Kier molecular flexibility index (Phi) is 3.68. The lowest BCUT2D eigenvalue weighted by molar-refractivity contribution is -0.140. The van der Waals surface area contributed by atoms with Crippen LogP contribution in [0.4, 0.5) is 17.6 Å². The monoisotopic (exact) mass is 350 g/mol. The summed E-state index contributed by atoms with van der Waals surface area (Å²) in [6, 6.07) is 2.13. The van der Waals surface area contributed by atoms with Gasteiger partial charge in [-0.1, -0.05) is 0 Å².